The predicted octanol–water partition coefficient (Wildman–Crippen LogP) is 2.57. The molecule has 0 amide bonds. The van der Waals surface area contributed by atoms with Gasteiger partial charge in [-0.3, -0.25) is 0 Å². The maximum atomic E-state index is 9.02. The van der Waals surface area contributed by atoms with Crippen LogP contribution in [0.3, 0.4) is 0 Å². The van der Waals surface area contributed by atoms with Crippen molar-refractivity contribution in [3.8, 4) is 6.07 Å². The van der Waals surface area contributed by atoms with Crippen LogP contribution in [0.25, 0.3) is 0 Å². The van der Waals surface area contributed by atoms with Gasteiger partial charge in [-0.25, -0.2) is 0 Å². The Labute approximate surface area is 103 Å². The average molecular weight is 229 g/mol. The van der Waals surface area contributed by atoms with Gasteiger partial charge in [-0.2, -0.15) is 5.26 Å². The van der Waals surface area contributed by atoms with E-state index in [4.69, 9.17) is 11.0 Å². The summed E-state index contributed by atoms with van der Waals surface area (Å²) in [6.07, 6.45) is 1.91. The fraction of sp³-hybridized carbons (Fsp3) is 0.500. The molecule has 1 aliphatic rings. The van der Waals surface area contributed by atoms with Gasteiger partial charge in [0, 0.05) is 30.0 Å². The monoisotopic (exact) mass is 229 g/mol. The number of rotatable bonds is 3. The van der Waals surface area contributed by atoms with E-state index < -0.39 is 0 Å². The van der Waals surface area contributed by atoms with E-state index in [1.165, 1.54) is 11.3 Å². The van der Waals surface area contributed by atoms with Crippen LogP contribution < -0.4 is 10.6 Å². The van der Waals surface area contributed by atoms with Crippen LogP contribution in [0, 0.1) is 16.7 Å². The van der Waals surface area contributed by atoms with Crippen molar-refractivity contribution in [2.45, 2.75) is 26.7 Å². The van der Waals surface area contributed by atoms with E-state index >= 15 is 0 Å². The molecule has 0 bridgehead atoms. The molecule has 1 aliphatic heterocycles. The Morgan fingerprint density at radius 2 is 2.24 bits per heavy atom. The molecule has 0 aliphatic carbocycles. The number of anilines is 2. The fourth-order valence-electron chi connectivity index (χ4n) is 2.23. The van der Waals surface area contributed by atoms with Gasteiger partial charge in [0.25, 0.3) is 0 Å². The summed E-state index contributed by atoms with van der Waals surface area (Å²) in [5.74, 6) is 0. The molecule has 0 saturated heterocycles. The number of hydrogen-bond acceptors (Lipinski definition) is 3. The van der Waals surface area contributed by atoms with E-state index in [1.54, 1.807) is 0 Å². The molecular weight excluding hydrogens is 210 g/mol. The van der Waals surface area contributed by atoms with E-state index in [0.29, 0.717) is 0 Å². The number of nitrogens with two attached hydrogens (primary N) is 1. The Bertz CT molecular complexity index is 457. The van der Waals surface area contributed by atoms with E-state index in [9.17, 15) is 0 Å². The van der Waals surface area contributed by atoms with Gasteiger partial charge in [-0.1, -0.05) is 6.07 Å². The van der Waals surface area contributed by atoms with Crippen LogP contribution in [-0.2, 0) is 6.42 Å². The Kier molecular flexibility index (Phi) is 2.97. The molecule has 0 radical (unpaired) electrons. The molecule has 0 spiro atoms. The summed E-state index contributed by atoms with van der Waals surface area (Å²) in [4.78, 5) is 2.34. The Hall–Kier alpha value is -1.69. The highest BCUT2D eigenvalue weighted by atomic mass is 15.1. The smallest absolute Gasteiger partial charge is 0.0684 e. The number of nitrogen functional groups attached to an aromatic ring is 1. The lowest BCUT2D eigenvalue weighted by molar-refractivity contribution is 0.452. The molecule has 17 heavy (non-hydrogen) atoms. The van der Waals surface area contributed by atoms with Gasteiger partial charge in [-0.05, 0) is 38.8 Å². The number of hydrogen-bond donors (Lipinski definition) is 1. The van der Waals surface area contributed by atoms with Crippen molar-refractivity contribution in [1.82, 2.24) is 0 Å². The van der Waals surface area contributed by atoms with Crippen molar-refractivity contribution in [3.05, 3.63) is 23.8 Å². The molecule has 1 heterocycles. The number of nitrogens with zero attached hydrogens (tertiary/aromatic N) is 2. The molecule has 2 rings (SSSR count). The molecule has 90 valence electrons. The second-order valence-electron chi connectivity index (χ2n) is 5.33. The summed E-state index contributed by atoms with van der Waals surface area (Å²) in [6.45, 7) is 5.93. The van der Waals surface area contributed by atoms with Crippen LogP contribution in [0.1, 0.15) is 25.8 Å². The van der Waals surface area contributed by atoms with Crippen molar-refractivity contribution in [3.63, 3.8) is 0 Å². The number of fused-ring (bicyclic) bond motifs is 1. The first-order valence-corrected chi connectivity index (χ1v) is 6.07. The lowest BCUT2D eigenvalue weighted by Crippen LogP contribution is -2.25. The minimum atomic E-state index is -0.247. The van der Waals surface area contributed by atoms with Crippen molar-refractivity contribution in [1.29, 1.82) is 5.26 Å². The second kappa shape index (κ2) is 4.29. The fourth-order valence-corrected chi connectivity index (χ4v) is 2.23. The van der Waals surface area contributed by atoms with E-state index in [0.717, 1.165) is 31.6 Å². The van der Waals surface area contributed by atoms with Crippen LogP contribution in [0.2, 0.25) is 0 Å². The van der Waals surface area contributed by atoms with Crippen molar-refractivity contribution in [2.24, 2.45) is 5.41 Å². The zero-order chi connectivity index (χ0) is 12.5. The van der Waals surface area contributed by atoms with Gasteiger partial charge in [0.2, 0.25) is 0 Å². The van der Waals surface area contributed by atoms with Gasteiger partial charge in [0.15, 0.2) is 0 Å². The van der Waals surface area contributed by atoms with Gasteiger partial charge in [0.1, 0.15) is 0 Å². The summed E-state index contributed by atoms with van der Waals surface area (Å²) >= 11 is 0. The normalized spacial score (nSPS) is 14.5. The maximum Gasteiger partial charge on any atom is 0.0684 e. The average Bonchev–Trinajstić information content (AvgIpc) is 2.71. The molecular formula is C14H19N3. The van der Waals surface area contributed by atoms with Crippen molar-refractivity contribution < 1.29 is 0 Å². The largest absolute Gasteiger partial charge is 0.398 e. The first-order chi connectivity index (χ1) is 8.03. The topological polar surface area (TPSA) is 53.0 Å². The van der Waals surface area contributed by atoms with Gasteiger partial charge < -0.3 is 10.6 Å². The molecule has 3 heteroatoms. The highest BCUT2D eigenvalue weighted by Crippen LogP contribution is 2.33. The SMILES string of the molecule is CC(C)(C#N)CCN1CCc2c(N)cccc21. The Morgan fingerprint density at radius 1 is 1.47 bits per heavy atom. The molecule has 0 aromatic heterocycles. The minimum absolute atomic E-state index is 0.247. The van der Waals surface area contributed by atoms with E-state index in [2.05, 4.69) is 17.0 Å². The molecule has 0 saturated carbocycles. The van der Waals surface area contributed by atoms with Crippen LogP contribution >= 0.6 is 0 Å². The second-order valence-corrected chi connectivity index (χ2v) is 5.33. The summed E-state index contributed by atoms with van der Waals surface area (Å²) in [7, 11) is 0. The maximum absolute atomic E-state index is 9.02. The first kappa shape index (κ1) is 11.8. The summed E-state index contributed by atoms with van der Waals surface area (Å²) < 4.78 is 0. The van der Waals surface area contributed by atoms with Gasteiger partial charge in [0.05, 0.1) is 11.5 Å². The van der Waals surface area contributed by atoms with E-state index in [-0.39, 0.29) is 5.41 Å². The molecule has 0 atom stereocenters. The molecule has 3 nitrogen and oxygen atoms in total. The van der Waals surface area contributed by atoms with Crippen molar-refractivity contribution in [2.75, 3.05) is 23.7 Å². The van der Waals surface area contributed by atoms with Crippen molar-refractivity contribution >= 4 is 11.4 Å². The molecule has 0 fully saturated rings. The number of nitriles is 1. The summed E-state index contributed by atoms with van der Waals surface area (Å²) in [5, 5.41) is 9.02. The van der Waals surface area contributed by atoms with Gasteiger partial charge >= 0.3 is 0 Å². The third kappa shape index (κ3) is 2.36. The molecule has 0 unspecified atom stereocenters. The highest BCUT2D eigenvalue weighted by Gasteiger charge is 2.23. The first-order valence-electron chi connectivity index (χ1n) is 6.07. The molecule has 2 N–H and O–H groups in total. The van der Waals surface area contributed by atoms with Crippen LogP contribution in [0.15, 0.2) is 18.2 Å². The summed E-state index contributed by atoms with van der Waals surface area (Å²) in [6, 6.07) is 8.43. The van der Waals surface area contributed by atoms with Crippen LogP contribution in [0.5, 0.6) is 0 Å². The lowest BCUT2D eigenvalue weighted by atomic mass is 9.91. The Balaban J connectivity index is 2.09. The minimum Gasteiger partial charge on any atom is -0.398 e. The van der Waals surface area contributed by atoms with Crippen LogP contribution in [-0.4, -0.2) is 13.1 Å². The predicted molar refractivity (Wildman–Crippen MR) is 70.8 cm³/mol. The zero-order valence-corrected chi connectivity index (χ0v) is 10.5. The summed E-state index contributed by atoms with van der Waals surface area (Å²) in [5.41, 5.74) is 9.12. The van der Waals surface area contributed by atoms with Crippen LogP contribution in [0.4, 0.5) is 11.4 Å². The third-order valence-corrected chi connectivity index (χ3v) is 3.47. The number of benzene rings is 1. The quantitative estimate of drug-likeness (QED) is 0.810. The highest BCUT2D eigenvalue weighted by molar-refractivity contribution is 5.68. The van der Waals surface area contributed by atoms with Gasteiger partial charge in [-0.15, -0.1) is 0 Å². The third-order valence-electron chi connectivity index (χ3n) is 3.47. The molecule has 1 aromatic carbocycles. The Morgan fingerprint density at radius 3 is 2.94 bits per heavy atom. The molecule has 1 aromatic rings. The standard InChI is InChI=1S/C14H19N3/c1-14(2,10-15)7-9-17-8-6-11-12(16)4-3-5-13(11)17/h3-5H,6-9,16H2,1-2H3. The van der Waals surface area contributed by atoms with E-state index in [1.807, 2.05) is 26.0 Å². The zero-order valence-electron chi connectivity index (χ0n) is 10.5. The lowest BCUT2D eigenvalue weighted by Gasteiger charge is -2.23.